The number of piperidine rings is 1. The van der Waals surface area contributed by atoms with Crippen molar-refractivity contribution in [2.24, 2.45) is 0 Å². The minimum Gasteiger partial charge on any atom is -0.338 e. The topological polar surface area (TPSA) is 38.1 Å². The minimum atomic E-state index is 0.0792. The average Bonchev–Trinajstić information content (AvgIpc) is 3.05. The van der Waals surface area contributed by atoms with Crippen LogP contribution in [0, 0.1) is 0 Å². The Balaban J connectivity index is 1.72. The lowest BCUT2D eigenvalue weighted by Crippen LogP contribution is -2.39. The van der Waals surface area contributed by atoms with Gasteiger partial charge in [-0.15, -0.1) is 0 Å². The highest BCUT2D eigenvalue weighted by Gasteiger charge is 2.26. The van der Waals surface area contributed by atoms with Gasteiger partial charge in [-0.1, -0.05) is 23.7 Å². The van der Waals surface area contributed by atoms with E-state index in [4.69, 9.17) is 11.6 Å². The molecule has 1 fully saturated rings. The Kier molecular flexibility index (Phi) is 4.71. The molecule has 1 atom stereocenters. The normalized spacial score (nSPS) is 18.4. The van der Waals surface area contributed by atoms with Gasteiger partial charge in [0.2, 0.25) is 0 Å². The van der Waals surface area contributed by atoms with Crippen LogP contribution < -0.4 is 0 Å². The van der Waals surface area contributed by atoms with Crippen molar-refractivity contribution in [1.29, 1.82) is 0 Å². The molecule has 1 aliphatic rings. The number of hydrogen-bond donors (Lipinski definition) is 0. The number of halogens is 1. The van der Waals surface area contributed by atoms with Gasteiger partial charge in [-0.05, 0) is 44.4 Å². The van der Waals surface area contributed by atoms with Crippen molar-refractivity contribution in [2.75, 3.05) is 13.1 Å². The first-order valence-electron chi connectivity index (χ1n) is 8.13. The van der Waals surface area contributed by atoms with E-state index in [1.165, 1.54) is 5.56 Å². The summed E-state index contributed by atoms with van der Waals surface area (Å²) in [5.74, 6) is 0.459. The second kappa shape index (κ2) is 6.75. The molecule has 0 saturated carbocycles. The van der Waals surface area contributed by atoms with Crippen LogP contribution in [0.5, 0.6) is 0 Å². The van der Waals surface area contributed by atoms with Gasteiger partial charge in [-0.3, -0.25) is 9.48 Å². The van der Waals surface area contributed by atoms with Crippen LogP contribution in [0.15, 0.2) is 36.7 Å². The molecule has 1 unspecified atom stereocenters. The summed E-state index contributed by atoms with van der Waals surface area (Å²) in [6.07, 6.45) is 5.65. The third-order valence-electron chi connectivity index (χ3n) is 4.43. The van der Waals surface area contributed by atoms with Crippen molar-refractivity contribution in [1.82, 2.24) is 14.7 Å². The number of likely N-dealkylation sites (tertiary alicyclic amines) is 1. The van der Waals surface area contributed by atoms with E-state index in [1.807, 2.05) is 27.9 Å². The summed E-state index contributed by atoms with van der Waals surface area (Å²) in [5, 5.41) is 5.02. The van der Waals surface area contributed by atoms with Gasteiger partial charge in [0.25, 0.3) is 5.91 Å². The van der Waals surface area contributed by atoms with Crippen molar-refractivity contribution in [2.45, 2.75) is 38.6 Å². The maximum Gasteiger partial charge on any atom is 0.257 e. The zero-order chi connectivity index (χ0) is 16.4. The highest BCUT2D eigenvalue weighted by Crippen LogP contribution is 2.28. The molecule has 0 bridgehead atoms. The van der Waals surface area contributed by atoms with Crippen molar-refractivity contribution in [3.63, 3.8) is 0 Å². The highest BCUT2D eigenvalue weighted by molar-refractivity contribution is 6.30. The van der Waals surface area contributed by atoms with Crippen LogP contribution in [-0.4, -0.2) is 33.7 Å². The third-order valence-corrected chi connectivity index (χ3v) is 4.68. The van der Waals surface area contributed by atoms with Gasteiger partial charge in [0.15, 0.2) is 0 Å². The quantitative estimate of drug-likeness (QED) is 0.847. The maximum atomic E-state index is 12.7. The molecule has 0 spiro atoms. The van der Waals surface area contributed by atoms with Crippen molar-refractivity contribution < 1.29 is 4.79 Å². The molecule has 122 valence electrons. The summed E-state index contributed by atoms with van der Waals surface area (Å²) in [7, 11) is 0. The van der Waals surface area contributed by atoms with Crippen LogP contribution in [0.4, 0.5) is 0 Å². The van der Waals surface area contributed by atoms with E-state index >= 15 is 0 Å². The van der Waals surface area contributed by atoms with Crippen LogP contribution in [0.25, 0.3) is 0 Å². The first-order valence-corrected chi connectivity index (χ1v) is 8.51. The second-order valence-corrected chi connectivity index (χ2v) is 6.88. The molecule has 4 nitrogen and oxygen atoms in total. The molecule has 3 rings (SSSR count). The van der Waals surface area contributed by atoms with Gasteiger partial charge in [-0.25, -0.2) is 0 Å². The van der Waals surface area contributed by atoms with E-state index in [-0.39, 0.29) is 11.9 Å². The third kappa shape index (κ3) is 3.58. The van der Waals surface area contributed by atoms with Gasteiger partial charge >= 0.3 is 0 Å². The predicted molar refractivity (Wildman–Crippen MR) is 91.9 cm³/mol. The van der Waals surface area contributed by atoms with Gasteiger partial charge < -0.3 is 4.90 Å². The smallest absolute Gasteiger partial charge is 0.257 e. The number of carbonyl (C=O) groups is 1. The molecular weight excluding hydrogens is 310 g/mol. The van der Waals surface area contributed by atoms with E-state index in [0.717, 1.165) is 31.0 Å². The summed E-state index contributed by atoms with van der Waals surface area (Å²) in [5.41, 5.74) is 1.93. The maximum absolute atomic E-state index is 12.7. The fourth-order valence-corrected chi connectivity index (χ4v) is 3.21. The molecule has 23 heavy (non-hydrogen) atoms. The molecule has 0 radical (unpaired) electrons. The van der Waals surface area contributed by atoms with Gasteiger partial charge in [0, 0.05) is 36.3 Å². The Labute approximate surface area is 142 Å². The Bertz CT molecular complexity index is 678. The number of benzene rings is 1. The monoisotopic (exact) mass is 331 g/mol. The van der Waals surface area contributed by atoms with Crippen molar-refractivity contribution in [3.8, 4) is 0 Å². The average molecular weight is 332 g/mol. The Morgan fingerprint density at radius 2 is 2.04 bits per heavy atom. The molecule has 1 amide bonds. The van der Waals surface area contributed by atoms with Crippen LogP contribution in [0.2, 0.25) is 5.02 Å². The Morgan fingerprint density at radius 3 is 2.70 bits per heavy atom. The fourth-order valence-electron chi connectivity index (χ4n) is 3.08. The summed E-state index contributed by atoms with van der Waals surface area (Å²) in [6, 6.07) is 8.24. The van der Waals surface area contributed by atoms with E-state index in [9.17, 15) is 4.79 Å². The molecule has 0 N–H and O–H groups in total. The lowest BCUT2D eigenvalue weighted by molar-refractivity contribution is 0.0707. The van der Waals surface area contributed by atoms with Crippen LogP contribution in [-0.2, 0) is 0 Å². The Hall–Kier alpha value is -1.81. The second-order valence-electron chi connectivity index (χ2n) is 6.44. The zero-order valence-corrected chi connectivity index (χ0v) is 14.3. The number of nitrogens with zero attached hydrogens (tertiary/aromatic N) is 3. The van der Waals surface area contributed by atoms with Gasteiger partial charge in [0.1, 0.15) is 0 Å². The summed E-state index contributed by atoms with van der Waals surface area (Å²) in [4.78, 5) is 14.7. The number of rotatable bonds is 3. The summed E-state index contributed by atoms with van der Waals surface area (Å²) >= 11 is 5.96. The molecule has 1 aliphatic heterocycles. The van der Waals surface area contributed by atoms with E-state index < -0.39 is 0 Å². The molecule has 1 saturated heterocycles. The van der Waals surface area contributed by atoms with Crippen molar-refractivity contribution in [3.05, 3.63) is 52.8 Å². The molecule has 0 aliphatic carbocycles. The number of amides is 1. The molecule has 1 aromatic carbocycles. The number of carbonyl (C=O) groups excluding carboxylic acids is 1. The van der Waals surface area contributed by atoms with E-state index in [1.54, 1.807) is 6.20 Å². The minimum absolute atomic E-state index is 0.0792. The fraction of sp³-hybridized carbons (Fsp3) is 0.444. The van der Waals surface area contributed by atoms with Gasteiger partial charge in [0.05, 0.1) is 11.8 Å². The van der Waals surface area contributed by atoms with E-state index in [0.29, 0.717) is 11.5 Å². The Morgan fingerprint density at radius 1 is 1.30 bits per heavy atom. The molecule has 2 heterocycles. The number of hydrogen-bond acceptors (Lipinski definition) is 2. The molecule has 2 aromatic rings. The molecule has 1 aromatic heterocycles. The number of aromatic nitrogens is 2. The van der Waals surface area contributed by atoms with E-state index in [2.05, 4.69) is 31.1 Å². The van der Waals surface area contributed by atoms with Crippen LogP contribution >= 0.6 is 11.6 Å². The lowest BCUT2D eigenvalue weighted by atomic mass is 9.90. The first-order chi connectivity index (χ1) is 11.0. The molecule has 5 heteroatoms. The summed E-state index contributed by atoms with van der Waals surface area (Å²) < 4.78 is 1.83. The summed E-state index contributed by atoms with van der Waals surface area (Å²) in [6.45, 7) is 5.68. The SMILES string of the molecule is CC(C)n1cc(C(=O)N2CCCC(c3ccc(Cl)cc3)C2)cn1. The lowest BCUT2D eigenvalue weighted by Gasteiger charge is -2.33. The molecular formula is C18H22ClN3O. The standard InChI is InChI=1S/C18H22ClN3O/c1-13(2)22-12-16(10-20-22)18(23)21-9-3-4-15(11-21)14-5-7-17(19)8-6-14/h5-8,10,12-13,15H,3-4,9,11H2,1-2H3. The van der Waals surface area contributed by atoms with Crippen molar-refractivity contribution >= 4 is 17.5 Å². The van der Waals surface area contributed by atoms with Crippen LogP contribution in [0.3, 0.4) is 0 Å². The zero-order valence-electron chi connectivity index (χ0n) is 13.6. The predicted octanol–water partition coefficient (Wildman–Crippen LogP) is 4.14. The largest absolute Gasteiger partial charge is 0.338 e. The first kappa shape index (κ1) is 16.1. The highest BCUT2D eigenvalue weighted by atomic mass is 35.5. The van der Waals surface area contributed by atoms with Gasteiger partial charge in [-0.2, -0.15) is 5.10 Å². The van der Waals surface area contributed by atoms with Crippen LogP contribution in [0.1, 0.15) is 54.6 Å².